The first-order valence-corrected chi connectivity index (χ1v) is 9.28. The Morgan fingerprint density at radius 2 is 2.18 bits per heavy atom. The first-order valence-electron chi connectivity index (χ1n) is 9.28. The van der Waals surface area contributed by atoms with Gasteiger partial charge in [-0.3, -0.25) is 9.36 Å². The number of likely N-dealkylation sites (tertiary alicyclic amines) is 1. The van der Waals surface area contributed by atoms with Crippen molar-refractivity contribution in [1.82, 2.24) is 14.5 Å². The molecule has 2 atom stereocenters. The van der Waals surface area contributed by atoms with Crippen LogP contribution in [0.4, 0.5) is 5.82 Å². The predicted molar refractivity (Wildman–Crippen MR) is 100 cm³/mol. The van der Waals surface area contributed by atoms with Crippen LogP contribution < -0.4 is 0 Å². The van der Waals surface area contributed by atoms with E-state index in [2.05, 4.69) is 9.87 Å². The van der Waals surface area contributed by atoms with Crippen molar-refractivity contribution in [3.8, 4) is 0 Å². The summed E-state index contributed by atoms with van der Waals surface area (Å²) in [5.41, 5.74) is 1.11. The maximum atomic E-state index is 13.3. The number of hydrogen-bond acceptors (Lipinski definition) is 6. The Morgan fingerprint density at radius 3 is 2.86 bits per heavy atom. The zero-order chi connectivity index (χ0) is 19.9. The number of amides is 1. The number of rotatable bonds is 9. The lowest BCUT2D eigenvalue weighted by Crippen LogP contribution is -2.42. The Morgan fingerprint density at radius 1 is 1.39 bits per heavy atom. The van der Waals surface area contributed by atoms with E-state index in [9.17, 15) is 14.9 Å². The topological polar surface area (TPSA) is 99.7 Å². The minimum atomic E-state index is -0.565. The molecule has 2 aromatic rings. The second-order valence-corrected chi connectivity index (χ2v) is 6.76. The molecule has 1 aromatic heterocycles. The van der Waals surface area contributed by atoms with Crippen LogP contribution in [0.2, 0.25) is 0 Å². The summed E-state index contributed by atoms with van der Waals surface area (Å²) in [6.07, 6.45) is 5.61. The lowest BCUT2D eigenvalue weighted by atomic mass is 10.0. The van der Waals surface area contributed by atoms with E-state index < -0.39 is 11.0 Å². The van der Waals surface area contributed by atoms with Gasteiger partial charge in [0.1, 0.15) is 18.8 Å². The molecule has 0 radical (unpaired) electrons. The van der Waals surface area contributed by atoms with Crippen molar-refractivity contribution in [2.75, 3.05) is 20.3 Å². The molecule has 9 nitrogen and oxygen atoms in total. The molecule has 0 spiro atoms. The predicted octanol–water partition coefficient (Wildman–Crippen LogP) is 2.53. The van der Waals surface area contributed by atoms with Crippen LogP contribution in [0.5, 0.6) is 0 Å². The van der Waals surface area contributed by atoms with Crippen molar-refractivity contribution >= 4 is 11.7 Å². The lowest BCUT2D eigenvalue weighted by molar-refractivity contribution is -0.389. The fourth-order valence-corrected chi connectivity index (χ4v) is 3.58. The molecule has 0 bridgehead atoms. The average molecular weight is 388 g/mol. The summed E-state index contributed by atoms with van der Waals surface area (Å²) in [6, 6.07) is 9.22. The molecule has 1 aliphatic heterocycles. The Labute approximate surface area is 163 Å². The summed E-state index contributed by atoms with van der Waals surface area (Å²) in [6.45, 7) is 0.937. The molecule has 1 saturated heterocycles. The van der Waals surface area contributed by atoms with E-state index >= 15 is 0 Å². The van der Waals surface area contributed by atoms with Gasteiger partial charge in [0.15, 0.2) is 0 Å². The smallest absolute Gasteiger partial charge is 0.358 e. The van der Waals surface area contributed by atoms with Crippen LogP contribution in [0, 0.1) is 10.1 Å². The van der Waals surface area contributed by atoms with Crippen LogP contribution in [0.1, 0.15) is 30.9 Å². The van der Waals surface area contributed by atoms with Gasteiger partial charge in [0, 0.05) is 6.54 Å². The van der Waals surface area contributed by atoms with E-state index in [0.29, 0.717) is 26.0 Å². The first kappa shape index (κ1) is 20.0. The van der Waals surface area contributed by atoms with Gasteiger partial charge in [-0.25, -0.2) is 9.78 Å². The number of aryl methyl sites for hydroxylation is 1. The van der Waals surface area contributed by atoms with Crippen LogP contribution in [-0.4, -0.2) is 51.6 Å². The highest BCUT2D eigenvalue weighted by Crippen LogP contribution is 2.26. The number of nitro groups is 1. The lowest BCUT2D eigenvalue weighted by Gasteiger charge is -2.28. The monoisotopic (exact) mass is 388 g/mol. The zero-order valence-corrected chi connectivity index (χ0v) is 15.8. The number of aromatic nitrogens is 2. The largest absolute Gasteiger partial charge is 0.381 e. The second kappa shape index (κ2) is 9.43. The summed E-state index contributed by atoms with van der Waals surface area (Å²) < 4.78 is 1.55. The quantitative estimate of drug-likeness (QED) is 0.372. The zero-order valence-electron chi connectivity index (χ0n) is 15.8. The van der Waals surface area contributed by atoms with E-state index in [-0.39, 0.29) is 17.8 Å². The Kier molecular flexibility index (Phi) is 6.72. The van der Waals surface area contributed by atoms with Gasteiger partial charge in [-0.1, -0.05) is 30.3 Å². The molecule has 150 valence electrons. The van der Waals surface area contributed by atoms with Gasteiger partial charge in [0.25, 0.3) is 0 Å². The van der Waals surface area contributed by atoms with Gasteiger partial charge < -0.3 is 15.0 Å². The number of imidazole rings is 1. The molecule has 1 aliphatic rings. The number of carbonyl (C=O) groups is 1. The van der Waals surface area contributed by atoms with E-state index in [0.717, 1.165) is 18.4 Å². The summed E-state index contributed by atoms with van der Waals surface area (Å²) in [4.78, 5) is 39.1. The van der Waals surface area contributed by atoms with Gasteiger partial charge >= 0.3 is 5.82 Å². The van der Waals surface area contributed by atoms with Gasteiger partial charge in [0.05, 0.1) is 13.2 Å². The fraction of sp³-hybridized carbons (Fsp3) is 0.474. The van der Waals surface area contributed by atoms with Crippen LogP contribution in [0.3, 0.4) is 0 Å². The van der Waals surface area contributed by atoms with E-state index in [1.54, 1.807) is 9.47 Å². The third-order valence-electron chi connectivity index (χ3n) is 5.01. The van der Waals surface area contributed by atoms with Gasteiger partial charge in [-0.05, 0) is 41.2 Å². The number of nitrogens with zero attached hydrogens (tertiary/aromatic N) is 4. The molecule has 9 heteroatoms. The molecule has 0 N–H and O–H groups in total. The van der Waals surface area contributed by atoms with Crippen molar-refractivity contribution < 1.29 is 19.5 Å². The maximum Gasteiger partial charge on any atom is 0.381 e. The van der Waals surface area contributed by atoms with Crippen LogP contribution in [0.25, 0.3) is 0 Å². The molecule has 2 unspecified atom stereocenters. The molecule has 1 amide bonds. The molecule has 0 aliphatic carbocycles. The van der Waals surface area contributed by atoms with Crippen LogP contribution in [-0.2, 0) is 21.0 Å². The summed E-state index contributed by atoms with van der Waals surface area (Å²) >= 11 is 0. The fourth-order valence-electron chi connectivity index (χ4n) is 3.58. The average Bonchev–Trinajstić information content (AvgIpc) is 3.37. The van der Waals surface area contributed by atoms with Crippen molar-refractivity contribution in [2.24, 2.45) is 0 Å². The SMILES string of the molecule is COOCC1CCCN1C(=O)C(CCc1ccccc1)n1cnc([N+](=O)[O-])c1. The molecule has 1 aromatic carbocycles. The molecular weight excluding hydrogens is 364 g/mol. The van der Waals surface area contributed by atoms with E-state index in [1.165, 1.54) is 19.6 Å². The molecule has 2 heterocycles. The summed E-state index contributed by atoms with van der Waals surface area (Å²) in [7, 11) is 1.44. The Bertz CT molecular complexity index is 795. The van der Waals surface area contributed by atoms with Crippen molar-refractivity contribution in [2.45, 2.75) is 37.8 Å². The standard InChI is InChI=1S/C19H24N4O5/c1-27-28-13-16-8-5-11-22(16)19(24)17(10-9-15-6-3-2-4-7-15)21-12-18(20-14-21)23(25)26/h2-4,6-7,12,14,16-17H,5,8-11,13H2,1H3. The maximum absolute atomic E-state index is 13.3. The minimum absolute atomic E-state index is 0.0646. The molecule has 1 fully saturated rings. The van der Waals surface area contributed by atoms with Crippen LogP contribution >= 0.6 is 0 Å². The number of hydrogen-bond donors (Lipinski definition) is 0. The van der Waals surface area contributed by atoms with Crippen molar-refractivity contribution in [1.29, 1.82) is 0 Å². The number of carbonyl (C=O) groups excluding carboxylic acids is 1. The van der Waals surface area contributed by atoms with Crippen molar-refractivity contribution in [3.63, 3.8) is 0 Å². The minimum Gasteiger partial charge on any atom is -0.358 e. The highest BCUT2D eigenvalue weighted by Gasteiger charge is 2.35. The Balaban J connectivity index is 1.79. The summed E-state index contributed by atoms with van der Waals surface area (Å²) in [5.74, 6) is -0.344. The number of benzene rings is 1. The third kappa shape index (κ3) is 4.73. The Hall–Kier alpha value is -2.78. The first-order chi connectivity index (χ1) is 13.6. The molecule has 28 heavy (non-hydrogen) atoms. The molecule has 0 saturated carbocycles. The molecule has 3 rings (SSSR count). The van der Waals surface area contributed by atoms with Gasteiger partial charge in [-0.2, -0.15) is 0 Å². The van der Waals surface area contributed by atoms with Gasteiger partial charge in [-0.15, -0.1) is 0 Å². The highest BCUT2D eigenvalue weighted by atomic mass is 17.2. The normalized spacial score (nSPS) is 17.6. The summed E-state index contributed by atoms with van der Waals surface area (Å²) in [5, 5.41) is 11.0. The van der Waals surface area contributed by atoms with Gasteiger partial charge in [0.2, 0.25) is 12.2 Å². The van der Waals surface area contributed by atoms with Crippen LogP contribution in [0.15, 0.2) is 42.9 Å². The van der Waals surface area contributed by atoms with E-state index in [1.807, 2.05) is 30.3 Å². The third-order valence-corrected chi connectivity index (χ3v) is 5.01. The molecular formula is C19H24N4O5. The van der Waals surface area contributed by atoms with E-state index in [4.69, 9.17) is 4.89 Å². The highest BCUT2D eigenvalue weighted by molar-refractivity contribution is 5.81. The van der Waals surface area contributed by atoms with Crippen molar-refractivity contribution in [3.05, 3.63) is 58.5 Å². The second-order valence-electron chi connectivity index (χ2n) is 6.76.